The number of halogens is 1. The number of rotatable bonds is 3. The number of aryl methyl sites for hydroxylation is 1. The highest BCUT2D eigenvalue weighted by molar-refractivity contribution is 7.21. The van der Waals surface area contributed by atoms with Crippen LogP contribution in [0, 0.1) is 6.92 Å². The Balaban J connectivity index is 1.67. The molecule has 134 valence electrons. The molecule has 4 nitrogen and oxygen atoms in total. The molecule has 0 aliphatic carbocycles. The summed E-state index contributed by atoms with van der Waals surface area (Å²) in [5.41, 5.74) is 10.3. The quantitative estimate of drug-likeness (QED) is 0.465. The maximum atomic E-state index is 12.7. The number of carbonyl (C=O) groups excluding carboxylic acids is 1. The van der Waals surface area contributed by atoms with Crippen molar-refractivity contribution in [2.45, 2.75) is 6.92 Å². The van der Waals surface area contributed by atoms with Gasteiger partial charge in [-0.3, -0.25) is 4.79 Å². The molecule has 0 aliphatic heterocycles. The van der Waals surface area contributed by atoms with Crippen LogP contribution >= 0.6 is 22.9 Å². The van der Waals surface area contributed by atoms with Crippen LogP contribution in [-0.2, 0) is 0 Å². The summed E-state index contributed by atoms with van der Waals surface area (Å²) >= 11 is 7.24. The van der Waals surface area contributed by atoms with Crippen molar-refractivity contribution in [3.05, 3.63) is 76.1 Å². The van der Waals surface area contributed by atoms with Gasteiger partial charge in [0.25, 0.3) is 5.91 Å². The number of thiophene rings is 1. The first-order valence-electron chi connectivity index (χ1n) is 8.34. The number of benzene rings is 2. The van der Waals surface area contributed by atoms with Gasteiger partial charge in [0.2, 0.25) is 0 Å². The molecule has 2 heterocycles. The number of nitrogen functional groups attached to an aromatic ring is 1. The lowest BCUT2D eigenvalue weighted by Gasteiger charge is -2.04. The van der Waals surface area contributed by atoms with Crippen LogP contribution in [0.2, 0.25) is 5.02 Å². The van der Waals surface area contributed by atoms with E-state index in [2.05, 4.69) is 10.3 Å². The number of aromatic nitrogens is 1. The third-order valence-electron chi connectivity index (χ3n) is 4.25. The summed E-state index contributed by atoms with van der Waals surface area (Å²) in [4.78, 5) is 18.5. The van der Waals surface area contributed by atoms with E-state index < -0.39 is 0 Å². The van der Waals surface area contributed by atoms with Gasteiger partial charge >= 0.3 is 0 Å². The van der Waals surface area contributed by atoms with Crippen molar-refractivity contribution in [3.8, 4) is 11.3 Å². The molecule has 0 saturated carbocycles. The SMILES string of the molecule is Cc1ccc(NC(=O)c2sc3nc(-c4ccc(Cl)cc4)ccc3c2N)cc1. The van der Waals surface area contributed by atoms with E-state index in [1.165, 1.54) is 11.3 Å². The molecule has 4 rings (SSSR count). The molecule has 2 aromatic heterocycles. The van der Waals surface area contributed by atoms with Crippen LogP contribution in [-0.4, -0.2) is 10.9 Å². The molecule has 0 radical (unpaired) electrons. The first kappa shape index (κ1) is 17.5. The highest BCUT2D eigenvalue weighted by atomic mass is 35.5. The fraction of sp³-hybridized carbons (Fsp3) is 0.0476. The molecule has 27 heavy (non-hydrogen) atoms. The summed E-state index contributed by atoms with van der Waals surface area (Å²) < 4.78 is 0. The number of pyridine rings is 1. The van der Waals surface area contributed by atoms with Gasteiger partial charge in [-0.1, -0.05) is 41.4 Å². The number of nitrogens with zero attached hydrogens (tertiary/aromatic N) is 1. The maximum Gasteiger partial charge on any atom is 0.267 e. The third kappa shape index (κ3) is 3.52. The van der Waals surface area contributed by atoms with E-state index >= 15 is 0 Å². The van der Waals surface area contributed by atoms with E-state index in [0.29, 0.717) is 15.6 Å². The van der Waals surface area contributed by atoms with Crippen molar-refractivity contribution in [2.75, 3.05) is 11.1 Å². The lowest BCUT2D eigenvalue weighted by atomic mass is 10.1. The number of carbonyl (C=O) groups is 1. The molecular formula is C21H16ClN3OS. The topological polar surface area (TPSA) is 68.0 Å². The summed E-state index contributed by atoms with van der Waals surface area (Å²) in [5, 5.41) is 4.35. The Kier molecular flexibility index (Phi) is 4.56. The van der Waals surface area contributed by atoms with E-state index in [0.717, 1.165) is 32.7 Å². The summed E-state index contributed by atoms with van der Waals surface area (Å²) in [5.74, 6) is -0.229. The molecule has 0 bridgehead atoms. The van der Waals surface area contributed by atoms with Gasteiger partial charge in [-0.25, -0.2) is 4.98 Å². The number of hydrogen-bond donors (Lipinski definition) is 2. The minimum absolute atomic E-state index is 0.229. The van der Waals surface area contributed by atoms with E-state index in [-0.39, 0.29) is 5.91 Å². The van der Waals surface area contributed by atoms with Crippen molar-refractivity contribution < 1.29 is 4.79 Å². The molecule has 4 aromatic rings. The Hall–Kier alpha value is -2.89. The van der Waals surface area contributed by atoms with Gasteiger partial charge in [0.15, 0.2) is 0 Å². The Morgan fingerprint density at radius 1 is 1.04 bits per heavy atom. The molecule has 1 amide bonds. The summed E-state index contributed by atoms with van der Waals surface area (Å²) in [7, 11) is 0. The lowest BCUT2D eigenvalue weighted by molar-refractivity contribution is 0.103. The number of nitrogens with one attached hydrogen (secondary N) is 1. The second-order valence-corrected chi connectivity index (χ2v) is 7.66. The van der Waals surface area contributed by atoms with Gasteiger partial charge in [-0.2, -0.15) is 0 Å². The van der Waals surface area contributed by atoms with Crippen LogP contribution in [0.15, 0.2) is 60.7 Å². The predicted molar refractivity (Wildman–Crippen MR) is 114 cm³/mol. The van der Waals surface area contributed by atoms with Crippen molar-refractivity contribution in [3.63, 3.8) is 0 Å². The first-order valence-corrected chi connectivity index (χ1v) is 9.54. The molecule has 0 fully saturated rings. The van der Waals surface area contributed by atoms with Gasteiger partial charge in [0, 0.05) is 21.7 Å². The number of nitrogens with two attached hydrogens (primary N) is 1. The Morgan fingerprint density at radius 3 is 2.44 bits per heavy atom. The van der Waals surface area contributed by atoms with Crippen LogP contribution in [0.4, 0.5) is 11.4 Å². The number of amides is 1. The Morgan fingerprint density at radius 2 is 1.74 bits per heavy atom. The van der Waals surface area contributed by atoms with E-state index in [1.54, 1.807) is 0 Å². The molecule has 6 heteroatoms. The van der Waals surface area contributed by atoms with Gasteiger partial charge in [0.05, 0.1) is 11.4 Å². The molecule has 0 spiro atoms. The third-order valence-corrected chi connectivity index (χ3v) is 5.62. The molecule has 0 atom stereocenters. The largest absolute Gasteiger partial charge is 0.397 e. The summed E-state index contributed by atoms with van der Waals surface area (Å²) in [6, 6.07) is 18.9. The van der Waals surface area contributed by atoms with Crippen molar-refractivity contribution >= 4 is 50.4 Å². The predicted octanol–water partition coefficient (Wildman–Crippen LogP) is 5.76. The fourth-order valence-electron chi connectivity index (χ4n) is 2.77. The minimum atomic E-state index is -0.229. The lowest BCUT2D eigenvalue weighted by Crippen LogP contribution is -2.11. The summed E-state index contributed by atoms with van der Waals surface area (Å²) in [6.07, 6.45) is 0. The Bertz CT molecular complexity index is 1130. The smallest absolute Gasteiger partial charge is 0.267 e. The summed E-state index contributed by atoms with van der Waals surface area (Å²) in [6.45, 7) is 2.00. The van der Waals surface area contributed by atoms with Crippen molar-refractivity contribution in [1.29, 1.82) is 0 Å². The van der Waals surface area contributed by atoms with E-state index in [1.807, 2.05) is 67.6 Å². The van der Waals surface area contributed by atoms with E-state index in [9.17, 15) is 4.79 Å². The zero-order valence-corrected chi connectivity index (χ0v) is 16.1. The normalized spacial score (nSPS) is 10.9. The van der Waals surface area contributed by atoms with E-state index in [4.69, 9.17) is 17.3 Å². The molecular weight excluding hydrogens is 378 g/mol. The Labute approximate surface area is 165 Å². The van der Waals surface area contributed by atoms with Crippen molar-refractivity contribution in [1.82, 2.24) is 4.98 Å². The van der Waals surface area contributed by atoms with Gasteiger partial charge in [-0.05, 0) is 43.3 Å². The molecule has 2 aromatic carbocycles. The number of hydrogen-bond acceptors (Lipinski definition) is 4. The standard InChI is InChI=1S/C21H16ClN3OS/c1-12-2-8-15(9-3-12)24-20(26)19-18(23)16-10-11-17(25-21(16)27-19)13-4-6-14(22)7-5-13/h2-11H,23H2,1H3,(H,24,26). The highest BCUT2D eigenvalue weighted by Crippen LogP contribution is 2.34. The number of anilines is 2. The van der Waals surface area contributed by atoms with Crippen LogP contribution in [0.3, 0.4) is 0 Å². The second-order valence-electron chi connectivity index (χ2n) is 6.22. The zero-order valence-electron chi connectivity index (χ0n) is 14.5. The average Bonchev–Trinajstić information content (AvgIpc) is 3.00. The highest BCUT2D eigenvalue weighted by Gasteiger charge is 2.18. The van der Waals surface area contributed by atoms with Gasteiger partial charge in [0.1, 0.15) is 9.71 Å². The maximum absolute atomic E-state index is 12.7. The second kappa shape index (κ2) is 7.02. The molecule has 0 saturated heterocycles. The van der Waals surface area contributed by atoms with Crippen LogP contribution in [0.25, 0.3) is 21.5 Å². The fourth-order valence-corrected chi connectivity index (χ4v) is 3.89. The van der Waals surface area contributed by atoms with Gasteiger partial charge in [-0.15, -0.1) is 11.3 Å². The first-order chi connectivity index (χ1) is 13.0. The molecule has 3 N–H and O–H groups in total. The molecule has 0 aliphatic rings. The monoisotopic (exact) mass is 393 g/mol. The van der Waals surface area contributed by atoms with Crippen LogP contribution < -0.4 is 11.1 Å². The van der Waals surface area contributed by atoms with Crippen LogP contribution in [0.1, 0.15) is 15.2 Å². The van der Waals surface area contributed by atoms with Crippen LogP contribution in [0.5, 0.6) is 0 Å². The number of fused-ring (bicyclic) bond motifs is 1. The average molecular weight is 394 g/mol. The van der Waals surface area contributed by atoms with Crippen molar-refractivity contribution in [2.24, 2.45) is 0 Å². The molecule has 0 unspecified atom stereocenters. The minimum Gasteiger partial charge on any atom is -0.397 e. The zero-order chi connectivity index (χ0) is 19.0. The van der Waals surface area contributed by atoms with Gasteiger partial charge < -0.3 is 11.1 Å².